The highest BCUT2D eigenvalue weighted by Crippen LogP contribution is 2.26. The Labute approximate surface area is 146 Å². The van der Waals surface area contributed by atoms with Gasteiger partial charge in [0.2, 0.25) is 10.0 Å². The number of benzene rings is 1. The van der Waals surface area contributed by atoms with Crippen LogP contribution in [-0.4, -0.2) is 49.7 Å². The lowest BCUT2D eigenvalue weighted by molar-refractivity contribution is 0.0794. The van der Waals surface area contributed by atoms with Gasteiger partial charge in [-0.25, -0.2) is 8.42 Å². The second-order valence-electron chi connectivity index (χ2n) is 4.71. The third-order valence-electron chi connectivity index (χ3n) is 3.31. The number of nitriles is 2. The number of nitrogens with zero attached hydrogens (tertiary/aromatic N) is 4. The number of hydrogen-bond donors (Lipinski definition) is 0. The molecule has 1 amide bonds. The van der Waals surface area contributed by atoms with Crippen molar-refractivity contribution in [3.63, 3.8) is 0 Å². The Hall–Kier alpha value is -2.13. The summed E-state index contributed by atoms with van der Waals surface area (Å²) in [6, 6.07) is 7.47. The molecule has 1 rings (SSSR count). The predicted octanol–water partition coefficient (Wildman–Crippen LogP) is 1.86. The number of carbonyl (C=O) groups excluding carboxylic acids is 1. The molecule has 0 atom stereocenters. The minimum absolute atomic E-state index is 0.00515. The van der Waals surface area contributed by atoms with Gasteiger partial charge < -0.3 is 4.90 Å². The van der Waals surface area contributed by atoms with Gasteiger partial charge in [0.15, 0.2) is 0 Å². The van der Waals surface area contributed by atoms with E-state index in [4.69, 9.17) is 22.1 Å². The summed E-state index contributed by atoms with van der Waals surface area (Å²) in [5.74, 6) is -0.606. The fraction of sp³-hybridized carbons (Fsp3) is 0.400. The average molecular weight is 369 g/mol. The lowest BCUT2D eigenvalue weighted by Crippen LogP contribution is -2.33. The zero-order valence-corrected chi connectivity index (χ0v) is 14.9. The van der Waals surface area contributed by atoms with Crippen LogP contribution in [0.15, 0.2) is 23.1 Å². The Bertz CT molecular complexity index is 776. The third-order valence-corrected chi connectivity index (χ3v) is 5.84. The second kappa shape index (κ2) is 8.65. The van der Waals surface area contributed by atoms with E-state index < -0.39 is 15.9 Å². The van der Waals surface area contributed by atoms with Crippen LogP contribution in [-0.2, 0) is 10.0 Å². The standard InChI is InChI=1S/C15H17ClN4O3S/c1-3-20(4-2)24(22,23)14-11-12(5-6-13(14)16)15(21)19(9-7-17)10-8-18/h5-6,11H,3-4,9-10H2,1-2H3. The van der Waals surface area contributed by atoms with Gasteiger partial charge in [0, 0.05) is 18.7 Å². The smallest absolute Gasteiger partial charge is 0.255 e. The van der Waals surface area contributed by atoms with Crippen LogP contribution in [0.25, 0.3) is 0 Å². The number of sulfonamides is 1. The highest BCUT2D eigenvalue weighted by Gasteiger charge is 2.26. The first-order valence-electron chi connectivity index (χ1n) is 7.16. The van der Waals surface area contributed by atoms with Gasteiger partial charge in [0.25, 0.3) is 5.91 Å². The van der Waals surface area contributed by atoms with Crippen LogP contribution >= 0.6 is 11.6 Å². The lowest BCUT2D eigenvalue weighted by Gasteiger charge is -2.20. The van der Waals surface area contributed by atoms with E-state index >= 15 is 0 Å². The summed E-state index contributed by atoms with van der Waals surface area (Å²) < 4.78 is 26.5. The SMILES string of the molecule is CCN(CC)S(=O)(=O)c1cc(C(=O)N(CC#N)CC#N)ccc1Cl. The van der Waals surface area contributed by atoms with Crippen LogP contribution in [0.2, 0.25) is 5.02 Å². The molecule has 9 heteroatoms. The molecule has 0 heterocycles. The zero-order chi connectivity index (χ0) is 18.3. The molecule has 0 N–H and O–H groups in total. The van der Waals surface area contributed by atoms with Crippen molar-refractivity contribution in [2.75, 3.05) is 26.2 Å². The number of hydrogen-bond acceptors (Lipinski definition) is 5. The molecule has 0 spiro atoms. The molecule has 0 saturated carbocycles. The molecule has 0 saturated heterocycles. The lowest BCUT2D eigenvalue weighted by atomic mass is 10.2. The largest absolute Gasteiger partial charge is 0.312 e. The van der Waals surface area contributed by atoms with E-state index in [0.717, 1.165) is 4.90 Å². The van der Waals surface area contributed by atoms with Gasteiger partial charge in [0.1, 0.15) is 18.0 Å². The van der Waals surface area contributed by atoms with Crippen LogP contribution < -0.4 is 0 Å². The average Bonchev–Trinajstić information content (AvgIpc) is 2.55. The van der Waals surface area contributed by atoms with Crippen molar-refractivity contribution >= 4 is 27.5 Å². The Balaban J connectivity index is 3.35. The normalized spacial score (nSPS) is 10.9. The quantitative estimate of drug-likeness (QED) is 0.683. The molecule has 0 unspecified atom stereocenters. The van der Waals surface area contributed by atoms with Gasteiger partial charge in [-0.3, -0.25) is 4.79 Å². The van der Waals surface area contributed by atoms with E-state index in [2.05, 4.69) is 0 Å². The summed E-state index contributed by atoms with van der Waals surface area (Å²) in [6.07, 6.45) is 0. The van der Waals surface area contributed by atoms with Gasteiger partial charge in [-0.05, 0) is 18.2 Å². The number of amides is 1. The Morgan fingerprint density at radius 1 is 1.17 bits per heavy atom. The molecular formula is C15H17ClN4O3S. The topological polar surface area (TPSA) is 105 Å². The fourth-order valence-corrected chi connectivity index (χ4v) is 4.05. The van der Waals surface area contributed by atoms with Gasteiger partial charge >= 0.3 is 0 Å². The van der Waals surface area contributed by atoms with Gasteiger partial charge in [0.05, 0.1) is 17.2 Å². The van der Waals surface area contributed by atoms with Gasteiger partial charge in [-0.15, -0.1) is 0 Å². The first-order chi connectivity index (χ1) is 11.3. The number of carbonyl (C=O) groups is 1. The van der Waals surface area contributed by atoms with Crippen LogP contribution in [0.3, 0.4) is 0 Å². The van der Waals surface area contributed by atoms with Crippen molar-refractivity contribution in [1.82, 2.24) is 9.21 Å². The monoisotopic (exact) mass is 368 g/mol. The molecule has 1 aromatic carbocycles. The first kappa shape index (κ1) is 19.9. The summed E-state index contributed by atoms with van der Waals surface area (Å²) in [5.41, 5.74) is 0.0515. The van der Waals surface area contributed by atoms with Crippen LogP contribution in [0.4, 0.5) is 0 Å². The van der Waals surface area contributed by atoms with Crippen molar-refractivity contribution in [2.45, 2.75) is 18.7 Å². The van der Waals surface area contributed by atoms with E-state index in [1.807, 2.05) is 0 Å². The van der Waals surface area contributed by atoms with E-state index in [1.54, 1.807) is 26.0 Å². The third kappa shape index (κ3) is 4.24. The minimum atomic E-state index is -3.84. The minimum Gasteiger partial charge on any atom is -0.312 e. The summed E-state index contributed by atoms with van der Waals surface area (Å²) in [7, 11) is -3.84. The predicted molar refractivity (Wildman–Crippen MR) is 88.7 cm³/mol. The number of halogens is 1. The number of rotatable bonds is 7. The second-order valence-corrected chi connectivity index (χ2v) is 7.03. The maximum absolute atomic E-state index is 12.6. The van der Waals surface area contributed by atoms with E-state index in [9.17, 15) is 13.2 Å². The molecule has 128 valence electrons. The fourth-order valence-electron chi connectivity index (χ4n) is 2.09. The molecule has 0 aromatic heterocycles. The van der Waals surface area contributed by atoms with E-state index in [-0.39, 0.29) is 41.7 Å². The molecule has 0 radical (unpaired) electrons. The summed E-state index contributed by atoms with van der Waals surface area (Å²) in [6.45, 7) is 3.39. The maximum atomic E-state index is 12.6. The van der Waals surface area contributed by atoms with Crippen molar-refractivity contribution in [2.24, 2.45) is 0 Å². The molecule has 0 aliphatic carbocycles. The maximum Gasteiger partial charge on any atom is 0.255 e. The molecular weight excluding hydrogens is 352 g/mol. The Kier molecular flexibility index (Phi) is 7.18. The van der Waals surface area contributed by atoms with Crippen molar-refractivity contribution in [3.8, 4) is 12.1 Å². The van der Waals surface area contributed by atoms with Crippen LogP contribution in [0.1, 0.15) is 24.2 Å². The van der Waals surface area contributed by atoms with E-state index in [0.29, 0.717) is 0 Å². The highest BCUT2D eigenvalue weighted by atomic mass is 35.5. The molecule has 24 heavy (non-hydrogen) atoms. The van der Waals surface area contributed by atoms with Crippen LogP contribution in [0.5, 0.6) is 0 Å². The Morgan fingerprint density at radius 3 is 2.17 bits per heavy atom. The molecule has 0 aliphatic heterocycles. The molecule has 0 fully saturated rings. The summed E-state index contributed by atoms with van der Waals surface area (Å²) in [5, 5.41) is 17.5. The van der Waals surface area contributed by atoms with E-state index in [1.165, 1.54) is 22.5 Å². The van der Waals surface area contributed by atoms with Gasteiger partial charge in [-0.1, -0.05) is 25.4 Å². The van der Waals surface area contributed by atoms with Crippen molar-refractivity contribution in [3.05, 3.63) is 28.8 Å². The summed E-state index contributed by atoms with van der Waals surface area (Å²) >= 11 is 6.01. The van der Waals surface area contributed by atoms with Gasteiger partial charge in [-0.2, -0.15) is 14.8 Å². The molecule has 0 bridgehead atoms. The molecule has 7 nitrogen and oxygen atoms in total. The zero-order valence-electron chi connectivity index (χ0n) is 13.4. The highest BCUT2D eigenvalue weighted by molar-refractivity contribution is 7.89. The van der Waals surface area contributed by atoms with Crippen molar-refractivity contribution < 1.29 is 13.2 Å². The molecule has 0 aliphatic rings. The molecule has 1 aromatic rings. The van der Waals surface area contributed by atoms with Crippen LogP contribution in [0, 0.1) is 22.7 Å². The Morgan fingerprint density at radius 2 is 1.71 bits per heavy atom. The van der Waals surface area contributed by atoms with Crippen molar-refractivity contribution in [1.29, 1.82) is 10.5 Å². The first-order valence-corrected chi connectivity index (χ1v) is 8.98. The summed E-state index contributed by atoms with van der Waals surface area (Å²) in [4.78, 5) is 13.2.